The average molecular weight is 269 g/mol. The van der Waals surface area contributed by atoms with Crippen LogP contribution in [-0.2, 0) is 0 Å². The highest BCUT2D eigenvalue weighted by Crippen LogP contribution is 2.24. The highest BCUT2D eigenvalue weighted by Gasteiger charge is 2.28. The maximum Gasteiger partial charge on any atom is 0.0223 e. The van der Waals surface area contributed by atoms with Crippen molar-refractivity contribution >= 4 is 0 Å². The first-order valence-corrected chi connectivity index (χ1v) is 7.96. The normalized spacial score (nSPS) is 23.2. The Balaban J connectivity index is 2.44. The van der Waals surface area contributed by atoms with Gasteiger partial charge in [0.2, 0.25) is 0 Å². The summed E-state index contributed by atoms with van der Waals surface area (Å²) < 4.78 is 0. The van der Waals surface area contributed by atoms with Gasteiger partial charge in [-0.3, -0.25) is 4.90 Å². The Morgan fingerprint density at radius 3 is 2.53 bits per heavy atom. The van der Waals surface area contributed by atoms with Crippen molar-refractivity contribution in [2.24, 2.45) is 5.41 Å². The fourth-order valence-corrected chi connectivity index (χ4v) is 3.20. The van der Waals surface area contributed by atoms with E-state index in [0.29, 0.717) is 11.5 Å². The van der Waals surface area contributed by atoms with E-state index in [1.807, 2.05) is 0 Å². The fourth-order valence-electron chi connectivity index (χ4n) is 3.20. The summed E-state index contributed by atoms with van der Waals surface area (Å²) in [7, 11) is 4.38. The van der Waals surface area contributed by atoms with E-state index in [0.717, 1.165) is 12.6 Å². The van der Waals surface area contributed by atoms with Crippen LogP contribution in [0, 0.1) is 5.41 Å². The van der Waals surface area contributed by atoms with Crippen molar-refractivity contribution in [1.82, 2.24) is 15.1 Å². The number of hydrogen-bond acceptors (Lipinski definition) is 3. The van der Waals surface area contributed by atoms with Gasteiger partial charge in [-0.05, 0) is 58.4 Å². The van der Waals surface area contributed by atoms with Crippen molar-refractivity contribution in [2.75, 3.05) is 40.3 Å². The lowest BCUT2D eigenvalue weighted by atomic mass is 9.84. The summed E-state index contributed by atoms with van der Waals surface area (Å²) in [5.41, 5.74) is 0.354. The molecule has 1 aliphatic rings. The molecule has 0 amide bonds. The molecule has 3 nitrogen and oxygen atoms in total. The summed E-state index contributed by atoms with van der Waals surface area (Å²) in [6.45, 7) is 14.1. The largest absolute Gasteiger partial charge is 0.314 e. The van der Waals surface area contributed by atoms with E-state index >= 15 is 0 Å². The molecule has 3 heteroatoms. The molecule has 2 unspecified atom stereocenters. The molecule has 0 spiro atoms. The Morgan fingerprint density at radius 2 is 2.00 bits per heavy atom. The molecule has 0 aliphatic carbocycles. The average Bonchev–Trinajstić information content (AvgIpc) is 2.69. The lowest BCUT2D eigenvalue weighted by molar-refractivity contribution is 0.175. The van der Waals surface area contributed by atoms with E-state index in [-0.39, 0.29) is 0 Å². The summed E-state index contributed by atoms with van der Waals surface area (Å²) in [6, 6.07) is 1.40. The molecule has 0 aromatic rings. The van der Waals surface area contributed by atoms with Crippen molar-refractivity contribution in [2.45, 2.75) is 59.0 Å². The van der Waals surface area contributed by atoms with Crippen LogP contribution in [0.2, 0.25) is 0 Å². The van der Waals surface area contributed by atoms with Crippen LogP contribution in [0.25, 0.3) is 0 Å². The molecule has 1 aliphatic heterocycles. The number of nitrogens with zero attached hydrogens (tertiary/aromatic N) is 2. The van der Waals surface area contributed by atoms with Crippen molar-refractivity contribution < 1.29 is 0 Å². The molecule has 0 saturated carbocycles. The third-order valence-corrected chi connectivity index (χ3v) is 4.28. The van der Waals surface area contributed by atoms with E-state index in [1.54, 1.807) is 0 Å². The predicted octanol–water partition coefficient (Wildman–Crippen LogP) is 2.43. The highest BCUT2D eigenvalue weighted by molar-refractivity contribution is 4.85. The van der Waals surface area contributed by atoms with Gasteiger partial charge in [0.05, 0.1) is 0 Å². The van der Waals surface area contributed by atoms with Gasteiger partial charge in [0.25, 0.3) is 0 Å². The Hall–Kier alpha value is -0.120. The molecule has 1 N–H and O–H groups in total. The number of likely N-dealkylation sites (tertiary alicyclic amines) is 1. The quantitative estimate of drug-likeness (QED) is 0.766. The maximum absolute atomic E-state index is 3.67. The second-order valence-electron chi connectivity index (χ2n) is 7.36. The molecule has 19 heavy (non-hydrogen) atoms. The van der Waals surface area contributed by atoms with E-state index < -0.39 is 0 Å². The highest BCUT2D eigenvalue weighted by atomic mass is 15.2. The first-order chi connectivity index (χ1) is 8.84. The van der Waals surface area contributed by atoms with Gasteiger partial charge >= 0.3 is 0 Å². The zero-order chi connectivity index (χ0) is 14.5. The van der Waals surface area contributed by atoms with Crippen molar-refractivity contribution in [3.63, 3.8) is 0 Å². The van der Waals surface area contributed by atoms with E-state index in [1.165, 1.54) is 38.9 Å². The minimum Gasteiger partial charge on any atom is -0.314 e. The van der Waals surface area contributed by atoms with Gasteiger partial charge in [-0.15, -0.1) is 0 Å². The third-order valence-electron chi connectivity index (χ3n) is 4.28. The molecule has 0 radical (unpaired) electrons. The first kappa shape index (κ1) is 16.9. The summed E-state index contributed by atoms with van der Waals surface area (Å²) >= 11 is 0. The van der Waals surface area contributed by atoms with Crippen LogP contribution in [0.3, 0.4) is 0 Å². The van der Waals surface area contributed by atoms with Gasteiger partial charge in [-0.2, -0.15) is 0 Å². The minimum absolute atomic E-state index is 0.354. The molecular formula is C16H35N3. The third kappa shape index (κ3) is 5.80. The SMILES string of the molecule is CCNC(CCN1CCCC1CN(C)C)C(C)(C)C. The zero-order valence-electron chi connectivity index (χ0n) is 14.0. The first-order valence-electron chi connectivity index (χ1n) is 7.96. The summed E-state index contributed by atoms with van der Waals surface area (Å²) in [5.74, 6) is 0. The molecule has 1 heterocycles. The molecule has 114 valence electrons. The molecule has 1 fully saturated rings. The lowest BCUT2D eigenvalue weighted by Crippen LogP contribution is -2.44. The zero-order valence-corrected chi connectivity index (χ0v) is 14.0. The molecular weight excluding hydrogens is 234 g/mol. The van der Waals surface area contributed by atoms with Gasteiger partial charge in [0.1, 0.15) is 0 Å². The predicted molar refractivity (Wildman–Crippen MR) is 84.7 cm³/mol. The van der Waals surface area contributed by atoms with Crippen LogP contribution >= 0.6 is 0 Å². The minimum atomic E-state index is 0.354. The monoisotopic (exact) mass is 269 g/mol. The van der Waals surface area contributed by atoms with Crippen LogP contribution in [0.15, 0.2) is 0 Å². The molecule has 0 aromatic carbocycles. The van der Waals surface area contributed by atoms with Crippen LogP contribution in [-0.4, -0.2) is 62.2 Å². The van der Waals surface area contributed by atoms with Crippen LogP contribution in [0.4, 0.5) is 0 Å². The summed E-state index contributed by atoms with van der Waals surface area (Å²) in [5, 5.41) is 3.67. The summed E-state index contributed by atoms with van der Waals surface area (Å²) in [4.78, 5) is 5.03. The van der Waals surface area contributed by atoms with Gasteiger partial charge in [0.15, 0.2) is 0 Å². The Kier molecular flexibility index (Phi) is 6.78. The van der Waals surface area contributed by atoms with Gasteiger partial charge in [0, 0.05) is 18.6 Å². The molecule has 1 rings (SSSR count). The maximum atomic E-state index is 3.67. The molecule has 2 atom stereocenters. The topological polar surface area (TPSA) is 18.5 Å². The van der Waals surface area contributed by atoms with Crippen LogP contribution in [0.5, 0.6) is 0 Å². The molecule has 0 bridgehead atoms. The summed E-state index contributed by atoms with van der Waals surface area (Å²) in [6.07, 6.45) is 4.01. The van der Waals surface area contributed by atoms with E-state index in [4.69, 9.17) is 0 Å². The Labute approximate surface area is 120 Å². The molecule has 1 saturated heterocycles. The smallest absolute Gasteiger partial charge is 0.0223 e. The van der Waals surface area contributed by atoms with Crippen molar-refractivity contribution in [3.8, 4) is 0 Å². The Morgan fingerprint density at radius 1 is 1.32 bits per heavy atom. The number of rotatable bonds is 7. The fraction of sp³-hybridized carbons (Fsp3) is 1.00. The second kappa shape index (κ2) is 7.61. The number of likely N-dealkylation sites (N-methyl/N-ethyl adjacent to an activating group) is 1. The molecule has 0 aromatic heterocycles. The number of nitrogens with one attached hydrogen (secondary N) is 1. The van der Waals surface area contributed by atoms with Crippen LogP contribution < -0.4 is 5.32 Å². The van der Waals surface area contributed by atoms with Crippen molar-refractivity contribution in [1.29, 1.82) is 0 Å². The van der Waals surface area contributed by atoms with Gasteiger partial charge in [-0.1, -0.05) is 27.7 Å². The van der Waals surface area contributed by atoms with Crippen molar-refractivity contribution in [3.05, 3.63) is 0 Å². The van der Waals surface area contributed by atoms with Crippen LogP contribution in [0.1, 0.15) is 47.0 Å². The van der Waals surface area contributed by atoms with Gasteiger partial charge in [-0.25, -0.2) is 0 Å². The Bertz CT molecular complexity index is 245. The van der Waals surface area contributed by atoms with E-state index in [9.17, 15) is 0 Å². The lowest BCUT2D eigenvalue weighted by Gasteiger charge is -2.34. The van der Waals surface area contributed by atoms with E-state index in [2.05, 4.69) is 56.9 Å². The second-order valence-corrected chi connectivity index (χ2v) is 7.36. The number of hydrogen-bond donors (Lipinski definition) is 1. The van der Waals surface area contributed by atoms with Gasteiger partial charge < -0.3 is 10.2 Å². The standard InChI is InChI=1S/C16H35N3/c1-7-17-15(16(2,3)4)10-12-19-11-8-9-14(19)13-18(5)6/h14-15,17H,7-13H2,1-6H3.